The molecule has 4 aromatic rings. The zero-order chi connectivity index (χ0) is 29.4. The van der Waals surface area contributed by atoms with Gasteiger partial charge in [-0.3, -0.25) is 4.79 Å². The molecule has 41 heavy (non-hydrogen) atoms. The van der Waals surface area contributed by atoms with Crippen molar-refractivity contribution in [3.8, 4) is 11.3 Å². The molecule has 1 amide bonds. The van der Waals surface area contributed by atoms with Crippen LogP contribution < -0.4 is 9.62 Å². The minimum Gasteiger partial charge on any atom is -0.455 e. The van der Waals surface area contributed by atoms with Crippen molar-refractivity contribution in [2.45, 2.75) is 44.8 Å². The first kappa shape index (κ1) is 31.0. The lowest BCUT2D eigenvalue weighted by molar-refractivity contribution is 0.0964. The fourth-order valence-corrected chi connectivity index (χ4v) is 6.48. The predicted molar refractivity (Wildman–Crippen MR) is 174 cm³/mol. The van der Waals surface area contributed by atoms with Crippen LogP contribution in [0, 0.1) is 5.82 Å². The highest BCUT2D eigenvalue weighted by molar-refractivity contribution is 7.99. The van der Waals surface area contributed by atoms with E-state index >= 15 is 0 Å². The lowest BCUT2D eigenvalue weighted by Crippen LogP contribution is -2.30. The number of nitrogens with one attached hydrogen (secondary N) is 1. The minimum atomic E-state index is -0.329. The first-order chi connectivity index (χ1) is 19.9. The lowest BCUT2D eigenvalue weighted by Gasteiger charge is -2.34. The van der Waals surface area contributed by atoms with Gasteiger partial charge in [0.1, 0.15) is 17.2 Å². The van der Waals surface area contributed by atoms with Crippen molar-refractivity contribution < 1.29 is 13.6 Å². The predicted octanol–water partition coefficient (Wildman–Crippen LogP) is 8.76. The summed E-state index contributed by atoms with van der Waals surface area (Å²) in [5.41, 5.74) is 5.44. The molecule has 8 heteroatoms. The maximum absolute atomic E-state index is 13.6. The van der Waals surface area contributed by atoms with E-state index in [2.05, 4.69) is 83.5 Å². The summed E-state index contributed by atoms with van der Waals surface area (Å²) < 4.78 is 24.6. The van der Waals surface area contributed by atoms with E-state index in [4.69, 9.17) is 4.42 Å². The average molecular weight is 594 g/mol. The molecular weight excluding hydrogens is 554 g/mol. The van der Waals surface area contributed by atoms with Crippen LogP contribution in [0.15, 0.2) is 71.1 Å². The molecule has 0 bridgehead atoms. The van der Waals surface area contributed by atoms with Crippen molar-refractivity contribution in [1.29, 1.82) is 0 Å². The van der Waals surface area contributed by atoms with Crippen LogP contribution in [0.25, 0.3) is 22.3 Å². The van der Waals surface area contributed by atoms with Crippen LogP contribution >= 0.6 is 23.9 Å². The summed E-state index contributed by atoms with van der Waals surface area (Å²) in [6.07, 6.45) is 5.50. The Balaban J connectivity index is 0.00000124. The van der Waals surface area contributed by atoms with Gasteiger partial charge < -0.3 is 14.0 Å². The highest BCUT2D eigenvalue weighted by atomic mass is 32.2. The van der Waals surface area contributed by atoms with Gasteiger partial charge in [0.05, 0.1) is 11.3 Å². The van der Waals surface area contributed by atoms with Crippen LogP contribution in [-0.2, 0) is 5.75 Å². The van der Waals surface area contributed by atoms with Gasteiger partial charge in [-0.05, 0) is 60.2 Å². The molecule has 1 fully saturated rings. The molecule has 0 spiro atoms. The number of carbonyl (C=O) groups excluding carboxylic acids is 1. The summed E-state index contributed by atoms with van der Waals surface area (Å²) in [5.74, 6) is 1.18. The maximum atomic E-state index is 13.6. The topological polar surface area (TPSA) is 48.7 Å². The number of amides is 1. The van der Waals surface area contributed by atoms with Gasteiger partial charge in [0.2, 0.25) is 0 Å². The number of carbonyl (C=O) groups is 1. The van der Waals surface area contributed by atoms with Gasteiger partial charge in [-0.15, -0.1) is 0 Å². The summed E-state index contributed by atoms with van der Waals surface area (Å²) >= 11 is 3.53. The Morgan fingerprint density at radius 1 is 1.12 bits per heavy atom. The molecule has 0 aliphatic carbocycles. The highest BCUT2D eigenvalue weighted by Gasteiger charge is 2.29. The lowest BCUT2D eigenvalue weighted by atomic mass is 9.89. The van der Waals surface area contributed by atoms with Crippen LogP contribution in [-0.4, -0.2) is 43.7 Å². The second-order valence-corrected chi connectivity index (χ2v) is 12.1. The molecule has 0 radical (unpaired) electrons. The van der Waals surface area contributed by atoms with Crippen molar-refractivity contribution in [2.75, 3.05) is 37.7 Å². The minimum absolute atomic E-state index is 0.219. The smallest absolute Gasteiger partial charge is 0.255 e. The number of benzene rings is 3. The van der Waals surface area contributed by atoms with Gasteiger partial charge >= 0.3 is 0 Å². The van der Waals surface area contributed by atoms with Crippen LogP contribution in [0.4, 0.5) is 10.1 Å². The number of anilines is 1. The third-order valence-corrected chi connectivity index (χ3v) is 9.00. The molecule has 0 unspecified atom stereocenters. The van der Waals surface area contributed by atoms with Crippen molar-refractivity contribution in [2.24, 2.45) is 0 Å². The zero-order valence-electron chi connectivity index (χ0n) is 24.6. The number of hydrogen-bond acceptors (Lipinski definition) is 6. The van der Waals surface area contributed by atoms with Gasteiger partial charge in [0, 0.05) is 56.2 Å². The van der Waals surface area contributed by atoms with Gasteiger partial charge in [-0.25, -0.2) is 8.70 Å². The Morgan fingerprint density at radius 3 is 2.49 bits per heavy atom. The molecule has 5 rings (SSSR count). The van der Waals surface area contributed by atoms with E-state index in [-0.39, 0.29) is 11.7 Å². The first-order valence-corrected chi connectivity index (χ1v) is 16.3. The Morgan fingerprint density at radius 2 is 1.83 bits per heavy atom. The molecule has 1 aliphatic heterocycles. The molecule has 5 nitrogen and oxygen atoms in total. The van der Waals surface area contributed by atoms with Crippen molar-refractivity contribution in [3.63, 3.8) is 0 Å². The molecular formula is C33H40FN3O2S2. The standard InChI is InChI=1S/C30H32FN3O2S2.C3H8/c1-32-30(35)28-25-16-24(22-10-7-15-34(18-22)38-19-20-8-5-4-6-9-20)26(33(2)37-3)17-27(25)36-29(28)21-11-13-23(31)14-12-21;1-3-2/h4-6,8-9,11-14,16-17,22H,7,10,15,18-19H2,1-3H3,(H,32,35);3H2,1-2H3/t22-;/m1./s1. The SMILES string of the molecule is CCC.CNC(=O)c1c(-c2ccc(F)cc2)oc2cc(N(C)SC)c([C@@H]3CCCN(SCc4ccccc4)C3)cc12. The van der Waals surface area contributed by atoms with Crippen LogP contribution in [0.1, 0.15) is 60.5 Å². The fourth-order valence-electron chi connectivity index (χ4n) is 5.06. The quantitative estimate of drug-likeness (QED) is 0.206. The first-order valence-electron chi connectivity index (χ1n) is 14.2. The fraction of sp³-hybridized carbons (Fsp3) is 0.364. The molecule has 3 aromatic carbocycles. The molecule has 218 valence electrons. The molecule has 1 aromatic heterocycles. The van der Waals surface area contributed by atoms with Crippen LogP contribution in [0.2, 0.25) is 0 Å². The Labute approximate surface area is 252 Å². The number of furan rings is 1. The number of hydrogen-bond donors (Lipinski definition) is 1. The Kier molecular flexibility index (Phi) is 11.2. The van der Waals surface area contributed by atoms with Crippen molar-refractivity contribution >= 4 is 46.5 Å². The molecule has 0 saturated carbocycles. The largest absolute Gasteiger partial charge is 0.455 e. The van der Waals surface area contributed by atoms with E-state index in [1.54, 1.807) is 31.1 Å². The second kappa shape index (κ2) is 14.8. The van der Waals surface area contributed by atoms with E-state index in [1.807, 2.05) is 11.9 Å². The Bertz CT molecular complexity index is 1430. The molecule has 2 heterocycles. The summed E-state index contributed by atoms with van der Waals surface area (Å²) in [4.78, 5) is 13.1. The number of piperidine rings is 1. The number of rotatable bonds is 8. The van der Waals surface area contributed by atoms with E-state index in [9.17, 15) is 9.18 Å². The summed E-state index contributed by atoms with van der Waals surface area (Å²) in [6, 6.07) is 20.8. The number of halogens is 1. The normalized spacial score (nSPS) is 15.3. The van der Waals surface area contributed by atoms with Crippen LogP contribution in [0.3, 0.4) is 0 Å². The Hall–Kier alpha value is -2.94. The second-order valence-electron chi connectivity index (χ2n) is 10.2. The highest BCUT2D eigenvalue weighted by Crippen LogP contribution is 2.43. The zero-order valence-corrected chi connectivity index (χ0v) is 26.2. The van der Waals surface area contributed by atoms with E-state index in [0.717, 1.165) is 42.8 Å². The van der Waals surface area contributed by atoms with Gasteiger partial charge in [0.15, 0.2) is 0 Å². The summed E-state index contributed by atoms with van der Waals surface area (Å²) in [6.45, 7) is 6.25. The average Bonchev–Trinajstić information content (AvgIpc) is 3.38. The third kappa shape index (κ3) is 7.48. The van der Waals surface area contributed by atoms with Gasteiger partial charge in [-0.2, -0.15) is 0 Å². The molecule has 1 saturated heterocycles. The van der Waals surface area contributed by atoms with Crippen LogP contribution in [0.5, 0.6) is 0 Å². The van der Waals surface area contributed by atoms with Gasteiger partial charge in [-0.1, -0.05) is 74.5 Å². The third-order valence-electron chi connectivity index (χ3n) is 7.09. The van der Waals surface area contributed by atoms with Crippen molar-refractivity contribution in [1.82, 2.24) is 9.62 Å². The van der Waals surface area contributed by atoms with Crippen molar-refractivity contribution in [3.05, 3.63) is 89.2 Å². The van der Waals surface area contributed by atoms with Gasteiger partial charge in [0.25, 0.3) is 5.91 Å². The monoisotopic (exact) mass is 593 g/mol. The van der Waals surface area contributed by atoms with E-state index < -0.39 is 0 Å². The number of nitrogens with zero attached hydrogens (tertiary/aromatic N) is 2. The van der Waals surface area contributed by atoms with E-state index in [1.165, 1.54) is 29.7 Å². The summed E-state index contributed by atoms with van der Waals surface area (Å²) in [7, 11) is 3.68. The molecule has 1 N–H and O–H groups in total. The molecule has 1 atom stereocenters. The molecule has 1 aliphatic rings. The van der Waals surface area contributed by atoms with E-state index in [0.29, 0.717) is 28.4 Å². The summed E-state index contributed by atoms with van der Waals surface area (Å²) in [5, 5.41) is 3.55. The maximum Gasteiger partial charge on any atom is 0.255 e. The number of fused-ring (bicyclic) bond motifs is 1.